The minimum absolute atomic E-state index is 0.00740. The van der Waals surface area contributed by atoms with Gasteiger partial charge in [-0.15, -0.1) is 0 Å². The lowest BCUT2D eigenvalue weighted by Crippen LogP contribution is -2.48. The minimum atomic E-state index is -0.265. The second-order valence-electron chi connectivity index (χ2n) is 7.79. The first-order valence-electron chi connectivity index (χ1n) is 10.4. The van der Waals surface area contributed by atoms with Gasteiger partial charge in [-0.1, -0.05) is 24.3 Å². The summed E-state index contributed by atoms with van der Waals surface area (Å²) < 4.78 is 13.2. The zero-order valence-corrected chi connectivity index (χ0v) is 16.9. The third-order valence-electron chi connectivity index (χ3n) is 5.69. The number of fused-ring (bicyclic) bond motifs is 1. The summed E-state index contributed by atoms with van der Waals surface area (Å²) in [5.41, 5.74) is 2.17. The maximum absolute atomic E-state index is 13.2. The number of carbonyl (C=O) groups excluding carboxylic acids is 1. The minimum Gasteiger partial charge on any atom is -0.353 e. The van der Waals surface area contributed by atoms with E-state index in [4.69, 9.17) is 0 Å². The number of carbonyl (C=O) groups is 1. The van der Waals surface area contributed by atoms with Crippen LogP contribution in [0.1, 0.15) is 23.3 Å². The molecule has 0 aliphatic carbocycles. The lowest BCUT2D eigenvalue weighted by atomic mass is 10.0. The van der Waals surface area contributed by atoms with E-state index < -0.39 is 0 Å². The molecule has 2 aromatic carbocycles. The van der Waals surface area contributed by atoms with E-state index in [1.54, 1.807) is 18.3 Å². The number of hydrogen-bond acceptors (Lipinski definition) is 4. The Bertz CT molecular complexity index is 1210. The maximum atomic E-state index is 13.2. The maximum Gasteiger partial charge on any atom is 0.270 e. The Balaban J connectivity index is 1.29. The lowest BCUT2D eigenvalue weighted by molar-refractivity contribution is 0.0930. The molecule has 0 bridgehead atoms. The molecule has 2 N–H and O–H groups in total. The second kappa shape index (κ2) is 8.18. The highest BCUT2D eigenvalue weighted by molar-refractivity contribution is 6.05. The standard InChI is InChI=1S/C24H22FN5O/c25-18-9-7-17(8-10-18)21-14-22(29-28-21)30-13-3-5-19(15-30)27-24(31)23-20-6-2-1-4-16(20)11-12-26-23/h1-2,4,6-12,14,19H,3,5,13,15H2,(H,27,31)(H,28,29). The third-order valence-corrected chi connectivity index (χ3v) is 5.69. The van der Waals surface area contributed by atoms with Crippen molar-refractivity contribution in [2.24, 2.45) is 0 Å². The zero-order valence-electron chi connectivity index (χ0n) is 16.9. The molecule has 1 unspecified atom stereocenters. The molecule has 31 heavy (non-hydrogen) atoms. The zero-order chi connectivity index (χ0) is 21.2. The first kappa shape index (κ1) is 19.2. The number of nitrogens with zero attached hydrogens (tertiary/aromatic N) is 3. The average Bonchev–Trinajstić information content (AvgIpc) is 3.30. The molecule has 1 aliphatic heterocycles. The fraction of sp³-hybridized carbons (Fsp3) is 0.208. The smallest absolute Gasteiger partial charge is 0.270 e. The van der Waals surface area contributed by atoms with Gasteiger partial charge in [-0.3, -0.25) is 14.9 Å². The first-order chi connectivity index (χ1) is 15.2. The van der Waals surface area contributed by atoms with Gasteiger partial charge in [0.25, 0.3) is 5.91 Å². The molecular formula is C24H22FN5O. The number of pyridine rings is 1. The van der Waals surface area contributed by atoms with Crippen LogP contribution in [0.5, 0.6) is 0 Å². The molecule has 1 atom stereocenters. The predicted molar refractivity (Wildman–Crippen MR) is 118 cm³/mol. The van der Waals surface area contributed by atoms with Crippen molar-refractivity contribution in [1.82, 2.24) is 20.5 Å². The van der Waals surface area contributed by atoms with E-state index in [1.165, 1.54) is 12.1 Å². The summed E-state index contributed by atoms with van der Waals surface area (Å²) in [4.78, 5) is 19.4. The van der Waals surface area contributed by atoms with Gasteiger partial charge in [-0.25, -0.2) is 4.39 Å². The summed E-state index contributed by atoms with van der Waals surface area (Å²) in [6.45, 7) is 1.54. The number of aromatic nitrogens is 3. The van der Waals surface area contributed by atoms with Crippen molar-refractivity contribution in [2.75, 3.05) is 18.0 Å². The van der Waals surface area contributed by atoms with Gasteiger partial charge in [0.05, 0.1) is 5.69 Å². The molecule has 0 saturated carbocycles. The van der Waals surface area contributed by atoms with Crippen LogP contribution in [0, 0.1) is 5.82 Å². The largest absolute Gasteiger partial charge is 0.353 e. The van der Waals surface area contributed by atoms with Crippen LogP contribution in [0.25, 0.3) is 22.0 Å². The molecule has 5 rings (SSSR count). The number of halogens is 1. The fourth-order valence-electron chi connectivity index (χ4n) is 4.11. The molecule has 156 valence electrons. The van der Waals surface area contributed by atoms with E-state index in [9.17, 15) is 9.18 Å². The Labute approximate surface area is 179 Å². The predicted octanol–water partition coefficient (Wildman–Crippen LogP) is 4.16. The van der Waals surface area contributed by atoms with Crippen molar-refractivity contribution < 1.29 is 9.18 Å². The van der Waals surface area contributed by atoms with Crippen LogP contribution in [0.4, 0.5) is 10.2 Å². The number of anilines is 1. The number of piperidine rings is 1. The molecule has 7 heteroatoms. The number of aromatic amines is 1. The van der Waals surface area contributed by atoms with Crippen molar-refractivity contribution in [3.63, 3.8) is 0 Å². The SMILES string of the molecule is O=C(NC1CCCN(c2cc(-c3ccc(F)cc3)[nH]n2)C1)c1nccc2ccccc12. The van der Waals surface area contributed by atoms with Crippen molar-refractivity contribution in [2.45, 2.75) is 18.9 Å². The number of hydrogen-bond donors (Lipinski definition) is 2. The van der Waals surface area contributed by atoms with E-state index >= 15 is 0 Å². The van der Waals surface area contributed by atoms with Crippen LogP contribution in [0.3, 0.4) is 0 Å². The summed E-state index contributed by atoms with van der Waals surface area (Å²) >= 11 is 0. The van der Waals surface area contributed by atoms with Gasteiger partial charge in [0.2, 0.25) is 0 Å². The lowest BCUT2D eigenvalue weighted by Gasteiger charge is -2.33. The van der Waals surface area contributed by atoms with Crippen molar-refractivity contribution in [3.05, 3.63) is 78.4 Å². The molecule has 1 fully saturated rings. The number of nitrogens with one attached hydrogen (secondary N) is 2. The van der Waals surface area contributed by atoms with Crippen LogP contribution >= 0.6 is 0 Å². The summed E-state index contributed by atoms with van der Waals surface area (Å²) in [7, 11) is 0. The Hall–Kier alpha value is -3.74. The summed E-state index contributed by atoms with van der Waals surface area (Å²) in [6, 6.07) is 18.0. The Morgan fingerprint density at radius 3 is 2.84 bits per heavy atom. The molecule has 2 aromatic heterocycles. The van der Waals surface area contributed by atoms with E-state index in [-0.39, 0.29) is 17.8 Å². The van der Waals surface area contributed by atoms with Crippen LogP contribution in [-0.4, -0.2) is 40.2 Å². The molecule has 1 aliphatic rings. The highest BCUT2D eigenvalue weighted by atomic mass is 19.1. The van der Waals surface area contributed by atoms with Crippen LogP contribution in [-0.2, 0) is 0 Å². The number of rotatable bonds is 4. The molecule has 3 heterocycles. The monoisotopic (exact) mass is 415 g/mol. The van der Waals surface area contributed by atoms with Crippen molar-refractivity contribution in [3.8, 4) is 11.3 Å². The van der Waals surface area contributed by atoms with Gasteiger partial charge in [0.15, 0.2) is 5.82 Å². The van der Waals surface area contributed by atoms with E-state index in [2.05, 4.69) is 25.4 Å². The van der Waals surface area contributed by atoms with Gasteiger partial charge < -0.3 is 10.2 Å². The van der Waals surface area contributed by atoms with E-state index in [0.717, 1.165) is 47.2 Å². The highest BCUT2D eigenvalue weighted by Gasteiger charge is 2.24. The molecule has 0 radical (unpaired) electrons. The normalized spacial score (nSPS) is 16.4. The van der Waals surface area contributed by atoms with Crippen LogP contribution < -0.4 is 10.2 Å². The Kier molecular flexibility index (Phi) is 5.08. The van der Waals surface area contributed by atoms with Crippen LogP contribution in [0.2, 0.25) is 0 Å². The van der Waals surface area contributed by atoms with E-state index in [1.807, 2.05) is 36.4 Å². The highest BCUT2D eigenvalue weighted by Crippen LogP contribution is 2.25. The third kappa shape index (κ3) is 3.99. The van der Waals surface area contributed by atoms with E-state index in [0.29, 0.717) is 12.2 Å². The summed E-state index contributed by atoms with van der Waals surface area (Å²) in [5, 5.41) is 12.5. The van der Waals surface area contributed by atoms with Gasteiger partial charge in [-0.05, 0) is 54.1 Å². The first-order valence-corrected chi connectivity index (χ1v) is 10.4. The van der Waals surface area contributed by atoms with Crippen molar-refractivity contribution in [1.29, 1.82) is 0 Å². The van der Waals surface area contributed by atoms with Gasteiger partial charge in [-0.2, -0.15) is 5.10 Å². The fourth-order valence-corrected chi connectivity index (χ4v) is 4.11. The Morgan fingerprint density at radius 2 is 1.97 bits per heavy atom. The quantitative estimate of drug-likeness (QED) is 0.525. The van der Waals surface area contributed by atoms with Gasteiger partial charge in [0, 0.05) is 36.8 Å². The molecule has 6 nitrogen and oxygen atoms in total. The summed E-state index contributed by atoms with van der Waals surface area (Å²) in [5.74, 6) is 0.401. The summed E-state index contributed by atoms with van der Waals surface area (Å²) in [6.07, 6.45) is 3.53. The average molecular weight is 415 g/mol. The molecule has 1 saturated heterocycles. The van der Waals surface area contributed by atoms with Crippen molar-refractivity contribution >= 4 is 22.5 Å². The van der Waals surface area contributed by atoms with Gasteiger partial charge >= 0.3 is 0 Å². The molecule has 4 aromatic rings. The van der Waals surface area contributed by atoms with Crippen LogP contribution in [0.15, 0.2) is 66.9 Å². The van der Waals surface area contributed by atoms with Gasteiger partial charge in [0.1, 0.15) is 11.5 Å². The molecule has 1 amide bonds. The number of amides is 1. The number of benzene rings is 2. The Morgan fingerprint density at radius 1 is 1.13 bits per heavy atom. The molecular weight excluding hydrogens is 393 g/mol. The number of H-pyrrole nitrogens is 1. The topological polar surface area (TPSA) is 73.9 Å². The second-order valence-corrected chi connectivity index (χ2v) is 7.79. The molecule has 0 spiro atoms.